The van der Waals surface area contributed by atoms with Crippen molar-refractivity contribution in [2.24, 2.45) is 0 Å². The number of hydrogen-bond donors (Lipinski definition) is 0. The van der Waals surface area contributed by atoms with Crippen molar-refractivity contribution in [3.63, 3.8) is 0 Å². The molecule has 102 valence electrons. The van der Waals surface area contributed by atoms with Crippen LogP contribution in [0.15, 0.2) is 54.6 Å². The van der Waals surface area contributed by atoms with E-state index in [0.717, 1.165) is 5.92 Å². The Labute approximate surface area is 124 Å². The highest BCUT2D eigenvalue weighted by Gasteiger charge is 2.20. The van der Waals surface area contributed by atoms with Crippen molar-refractivity contribution in [1.29, 1.82) is 0 Å². The molecule has 1 aliphatic rings. The van der Waals surface area contributed by atoms with Gasteiger partial charge in [0.1, 0.15) is 0 Å². The minimum absolute atomic E-state index is 0.773. The fourth-order valence-corrected chi connectivity index (χ4v) is 4.35. The van der Waals surface area contributed by atoms with Crippen LogP contribution in [-0.4, -0.2) is 0 Å². The molecule has 0 nitrogen and oxygen atoms in total. The second-order valence-electron chi connectivity index (χ2n) is 6.49. The molecular formula is C21H18. The molecular weight excluding hydrogens is 252 g/mol. The summed E-state index contributed by atoms with van der Waals surface area (Å²) in [5.74, 6) is 0.773. The Morgan fingerprint density at radius 2 is 1.24 bits per heavy atom. The normalized spacial score (nSPS) is 16.6. The maximum Gasteiger partial charge on any atom is -0.00239 e. The van der Waals surface area contributed by atoms with Gasteiger partial charge in [-0.1, -0.05) is 67.4 Å². The van der Waals surface area contributed by atoms with Gasteiger partial charge in [-0.05, 0) is 56.6 Å². The van der Waals surface area contributed by atoms with E-state index in [1.54, 1.807) is 5.56 Å². The molecule has 21 heavy (non-hydrogen) atoms. The second kappa shape index (κ2) is 4.21. The molecule has 0 unspecified atom stereocenters. The molecule has 0 aliphatic heterocycles. The molecule has 1 saturated carbocycles. The minimum atomic E-state index is 0.773. The van der Waals surface area contributed by atoms with E-state index in [9.17, 15) is 0 Å². The van der Waals surface area contributed by atoms with Gasteiger partial charge in [0.15, 0.2) is 0 Å². The van der Waals surface area contributed by atoms with Crippen molar-refractivity contribution in [3.05, 3.63) is 60.2 Å². The molecule has 0 saturated heterocycles. The van der Waals surface area contributed by atoms with E-state index in [1.165, 1.54) is 58.0 Å². The summed E-state index contributed by atoms with van der Waals surface area (Å²) in [6.45, 7) is 0. The standard InChI is InChI=1S/C21H18/c1-2-5-14(4-1)18-12-10-17-9-8-15-6-3-7-16-11-13-19(18)21(17)20(15)16/h3,6-14H,1-2,4-5H2. The maximum absolute atomic E-state index is 2.39. The van der Waals surface area contributed by atoms with Gasteiger partial charge in [-0.3, -0.25) is 0 Å². The summed E-state index contributed by atoms with van der Waals surface area (Å²) in [6, 6.07) is 20.6. The zero-order chi connectivity index (χ0) is 13.8. The van der Waals surface area contributed by atoms with Gasteiger partial charge in [-0.2, -0.15) is 0 Å². The molecule has 0 atom stereocenters. The first-order valence-electron chi connectivity index (χ1n) is 8.08. The van der Waals surface area contributed by atoms with E-state index < -0.39 is 0 Å². The third-order valence-electron chi connectivity index (χ3n) is 5.36. The van der Waals surface area contributed by atoms with Gasteiger partial charge in [0, 0.05) is 0 Å². The fraction of sp³-hybridized carbons (Fsp3) is 0.238. The smallest absolute Gasteiger partial charge is 0.00239 e. The summed E-state index contributed by atoms with van der Waals surface area (Å²) >= 11 is 0. The van der Waals surface area contributed by atoms with Gasteiger partial charge in [0.25, 0.3) is 0 Å². The van der Waals surface area contributed by atoms with E-state index in [1.807, 2.05) is 0 Å². The lowest BCUT2D eigenvalue weighted by molar-refractivity contribution is 0.730. The van der Waals surface area contributed by atoms with Gasteiger partial charge >= 0.3 is 0 Å². The van der Waals surface area contributed by atoms with Crippen molar-refractivity contribution >= 4 is 32.3 Å². The zero-order valence-corrected chi connectivity index (χ0v) is 12.1. The molecule has 0 heteroatoms. The minimum Gasteiger partial charge on any atom is -0.0610 e. The van der Waals surface area contributed by atoms with Gasteiger partial charge in [-0.15, -0.1) is 0 Å². The van der Waals surface area contributed by atoms with E-state index in [4.69, 9.17) is 0 Å². The molecule has 4 aromatic carbocycles. The molecule has 4 aromatic rings. The average Bonchev–Trinajstić information content (AvgIpc) is 3.07. The first-order chi connectivity index (χ1) is 10.4. The van der Waals surface area contributed by atoms with Crippen LogP contribution in [0.4, 0.5) is 0 Å². The predicted octanol–water partition coefficient (Wildman–Crippen LogP) is 6.24. The summed E-state index contributed by atoms with van der Waals surface area (Å²) in [5.41, 5.74) is 1.58. The number of rotatable bonds is 1. The van der Waals surface area contributed by atoms with E-state index in [2.05, 4.69) is 54.6 Å². The molecule has 1 fully saturated rings. The first-order valence-corrected chi connectivity index (χ1v) is 8.08. The van der Waals surface area contributed by atoms with E-state index in [-0.39, 0.29) is 0 Å². The van der Waals surface area contributed by atoms with Crippen LogP contribution in [0.5, 0.6) is 0 Å². The first kappa shape index (κ1) is 11.6. The molecule has 0 amide bonds. The Morgan fingerprint density at radius 3 is 2.00 bits per heavy atom. The molecule has 0 aromatic heterocycles. The van der Waals surface area contributed by atoms with Gasteiger partial charge in [0.2, 0.25) is 0 Å². The van der Waals surface area contributed by atoms with Crippen molar-refractivity contribution in [2.75, 3.05) is 0 Å². The summed E-state index contributed by atoms with van der Waals surface area (Å²) in [5, 5.41) is 8.55. The predicted molar refractivity (Wildman–Crippen MR) is 91.4 cm³/mol. The lowest BCUT2D eigenvalue weighted by atomic mass is 9.87. The molecule has 0 spiro atoms. The topological polar surface area (TPSA) is 0 Å². The SMILES string of the molecule is c1cc2ccc3ccc(C4CCCC4)c4ccc(c1)c2c34. The lowest BCUT2D eigenvalue weighted by Gasteiger charge is -2.17. The second-order valence-corrected chi connectivity index (χ2v) is 6.49. The third-order valence-corrected chi connectivity index (χ3v) is 5.36. The zero-order valence-electron chi connectivity index (χ0n) is 12.1. The van der Waals surface area contributed by atoms with Crippen LogP contribution in [0, 0.1) is 0 Å². The number of benzene rings is 4. The van der Waals surface area contributed by atoms with Crippen LogP contribution in [-0.2, 0) is 0 Å². The van der Waals surface area contributed by atoms with Crippen LogP contribution < -0.4 is 0 Å². The Morgan fingerprint density at radius 1 is 0.619 bits per heavy atom. The summed E-state index contributed by atoms with van der Waals surface area (Å²) < 4.78 is 0. The van der Waals surface area contributed by atoms with Crippen LogP contribution >= 0.6 is 0 Å². The van der Waals surface area contributed by atoms with E-state index in [0.29, 0.717) is 0 Å². The van der Waals surface area contributed by atoms with Gasteiger partial charge < -0.3 is 0 Å². The lowest BCUT2D eigenvalue weighted by Crippen LogP contribution is -1.95. The van der Waals surface area contributed by atoms with Crippen molar-refractivity contribution in [1.82, 2.24) is 0 Å². The van der Waals surface area contributed by atoms with Crippen molar-refractivity contribution in [3.8, 4) is 0 Å². The van der Waals surface area contributed by atoms with Gasteiger partial charge in [-0.25, -0.2) is 0 Å². The molecule has 5 rings (SSSR count). The average molecular weight is 270 g/mol. The van der Waals surface area contributed by atoms with Crippen LogP contribution in [0.1, 0.15) is 37.2 Å². The van der Waals surface area contributed by atoms with Crippen LogP contribution in [0.2, 0.25) is 0 Å². The Bertz CT molecular complexity index is 926. The Balaban J connectivity index is 1.96. The highest BCUT2D eigenvalue weighted by Crippen LogP contribution is 2.42. The van der Waals surface area contributed by atoms with Crippen LogP contribution in [0.3, 0.4) is 0 Å². The monoisotopic (exact) mass is 270 g/mol. The summed E-state index contributed by atoms with van der Waals surface area (Å²) in [7, 11) is 0. The quantitative estimate of drug-likeness (QED) is 0.359. The van der Waals surface area contributed by atoms with Gasteiger partial charge in [0.05, 0.1) is 0 Å². The molecule has 0 radical (unpaired) electrons. The summed E-state index contributed by atoms with van der Waals surface area (Å²) in [6.07, 6.45) is 5.52. The molecule has 0 bridgehead atoms. The third kappa shape index (κ3) is 1.56. The Kier molecular flexibility index (Phi) is 2.32. The highest BCUT2D eigenvalue weighted by atomic mass is 14.2. The summed E-state index contributed by atoms with van der Waals surface area (Å²) in [4.78, 5) is 0. The maximum atomic E-state index is 2.39. The highest BCUT2D eigenvalue weighted by molar-refractivity contribution is 6.23. The largest absolute Gasteiger partial charge is 0.0610 e. The van der Waals surface area contributed by atoms with E-state index >= 15 is 0 Å². The van der Waals surface area contributed by atoms with Crippen molar-refractivity contribution < 1.29 is 0 Å². The molecule has 0 N–H and O–H groups in total. The fourth-order valence-electron chi connectivity index (χ4n) is 4.35. The molecule has 1 aliphatic carbocycles. The van der Waals surface area contributed by atoms with Crippen molar-refractivity contribution in [2.45, 2.75) is 31.6 Å². The molecule has 0 heterocycles. The number of hydrogen-bond acceptors (Lipinski definition) is 0. The Hall–Kier alpha value is -2.08. The van der Waals surface area contributed by atoms with Crippen LogP contribution in [0.25, 0.3) is 32.3 Å².